The van der Waals surface area contributed by atoms with Crippen molar-refractivity contribution >= 4 is 11.0 Å². The van der Waals surface area contributed by atoms with E-state index in [9.17, 15) is 0 Å². The fourth-order valence-corrected chi connectivity index (χ4v) is 2.63. The third-order valence-electron chi connectivity index (χ3n) is 3.74. The molecule has 0 radical (unpaired) electrons. The van der Waals surface area contributed by atoms with Gasteiger partial charge in [-0.05, 0) is 19.1 Å². The maximum Gasteiger partial charge on any atom is 0.134 e. The predicted molar refractivity (Wildman–Crippen MR) is 79.8 cm³/mol. The number of rotatable bonds is 5. The lowest BCUT2D eigenvalue weighted by atomic mass is 10.2. The highest BCUT2D eigenvalue weighted by atomic mass is 16.5. The molecule has 108 valence electrons. The SMILES string of the molecule is CC(CN1CCOCC1)NCc1cc2ccccc2o1. The highest BCUT2D eigenvalue weighted by Crippen LogP contribution is 2.18. The number of ether oxygens (including phenoxy) is 1. The molecule has 0 aliphatic carbocycles. The summed E-state index contributed by atoms with van der Waals surface area (Å²) in [5, 5.41) is 4.70. The predicted octanol–water partition coefficient (Wildman–Crippen LogP) is 2.24. The quantitative estimate of drug-likeness (QED) is 0.907. The van der Waals surface area contributed by atoms with Gasteiger partial charge < -0.3 is 14.5 Å². The minimum absolute atomic E-state index is 0.446. The van der Waals surface area contributed by atoms with Gasteiger partial charge in [-0.2, -0.15) is 0 Å². The van der Waals surface area contributed by atoms with Gasteiger partial charge in [-0.25, -0.2) is 0 Å². The summed E-state index contributed by atoms with van der Waals surface area (Å²) < 4.78 is 11.2. The summed E-state index contributed by atoms with van der Waals surface area (Å²) in [7, 11) is 0. The molecule has 2 heterocycles. The Morgan fingerprint density at radius 1 is 1.25 bits per heavy atom. The largest absolute Gasteiger partial charge is 0.460 e. The monoisotopic (exact) mass is 274 g/mol. The zero-order chi connectivity index (χ0) is 13.8. The number of hydrogen-bond donors (Lipinski definition) is 1. The molecule has 1 atom stereocenters. The Kier molecular flexibility index (Phi) is 4.35. The van der Waals surface area contributed by atoms with E-state index < -0.39 is 0 Å². The van der Waals surface area contributed by atoms with Gasteiger partial charge in [0.2, 0.25) is 0 Å². The molecule has 0 spiro atoms. The number of benzene rings is 1. The lowest BCUT2D eigenvalue weighted by molar-refractivity contribution is 0.0342. The number of morpholine rings is 1. The first-order chi connectivity index (χ1) is 9.81. The number of nitrogens with zero attached hydrogens (tertiary/aromatic N) is 1. The van der Waals surface area contributed by atoms with Crippen molar-refractivity contribution in [3.8, 4) is 0 Å². The second-order valence-electron chi connectivity index (χ2n) is 5.45. The molecule has 1 aliphatic rings. The Hall–Kier alpha value is -1.36. The Morgan fingerprint density at radius 3 is 2.85 bits per heavy atom. The highest BCUT2D eigenvalue weighted by Gasteiger charge is 2.13. The summed E-state index contributed by atoms with van der Waals surface area (Å²) in [6.07, 6.45) is 0. The average Bonchev–Trinajstić information content (AvgIpc) is 2.89. The first kappa shape index (κ1) is 13.6. The molecule has 0 amide bonds. The Labute approximate surface area is 119 Å². The van der Waals surface area contributed by atoms with Crippen LogP contribution in [0.1, 0.15) is 12.7 Å². The second-order valence-corrected chi connectivity index (χ2v) is 5.45. The van der Waals surface area contributed by atoms with E-state index >= 15 is 0 Å². The number of para-hydroxylation sites is 1. The number of nitrogens with one attached hydrogen (secondary N) is 1. The molecule has 1 N–H and O–H groups in total. The van der Waals surface area contributed by atoms with Crippen LogP contribution in [0.2, 0.25) is 0 Å². The lowest BCUT2D eigenvalue weighted by Gasteiger charge is -2.29. The number of furan rings is 1. The minimum atomic E-state index is 0.446. The van der Waals surface area contributed by atoms with E-state index in [1.807, 2.05) is 18.2 Å². The van der Waals surface area contributed by atoms with Crippen molar-refractivity contribution in [2.75, 3.05) is 32.8 Å². The van der Waals surface area contributed by atoms with Gasteiger partial charge in [-0.3, -0.25) is 4.90 Å². The van der Waals surface area contributed by atoms with Crippen molar-refractivity contribution in [3.05, 3.63) is 36.1 Å². The first-order valence-corrected chi connectivity index (χ1v) is 7.32. The minimum Gasteiger partial charge on any atom is -0.460 e. The molecule has 1 unspecified atom stereocenters. The van der Waals surface area contributed by atoms with E-state index in [-0.39, 0.29) is 0 Å². The van der Waals surface area contributed by atoms with E-state index in [4.69, 9.17) is 9.15 Å². The molecule has 20 heavy (non-hydrogen) atoms. The zero-order valence-electron chi connectivity index (χ0n) is 12.0. The fourth-order valence-electron chi connectivity index (χ4n) is 2.63. The third kappa shape index (κ3) is 3.39. The van der Waals surface area contributed by atoms with Crippen molar-refractivity contribution in [3.63, 3.8) is 0 Å². The smallest absolute Gasteiger partial charge is 0.134 e. The molecule has 1 fully saturated rings. The molecule has 4 nitrogen and oxygen atoms in total. The number of hydrogen-bond acceptors (Lipinski definition) is 4. The molecule has 1 saturated heterocycles. The first-order valence-electron chi connectivity index (χ1n) is 7.32. The third-order valence-corrected chi connectivity index (χ3v) is 3.74. The summed E-state index contributed by atoms with van der Waals surface area (Å²) in [4.78, 5) is 2.44. The maximum absolute atomic E-state index is 5.81. The molecular weight excluding hydrogens is 252 g/mol. The van der Waals surface area contributed by atoms with E-state index in [1.54, 1.807) is 0 Å². The summed E-state index contributed by atoms with van der Waals surface area (Å²) in [6, 6.07) is 10.7. The average molecular weight is 274 g/mol. The molecular formula is C16H22N2O2. The molecule has 1 aromatic carbocycles. The van der Waals surface area contributed by atoms with Crippen LogP contribution in [0.5, 0.6) is 0 Å². The van der Waals surface area contributed by atoms with Crippen molar-refractivity contribution in [1.29, 1.82) is 0 Å². The zero-order valence-corrected chi connectivity index (χ0v) is 12.0. The van der Waals surface area contributed by atoms with Crippen molar-refractivity contribution in [2.45, 2.75) is 19.5 Å². The van der Waals surface area contributed by atoms with Crippen molar-refractivity contribution in [1.82, 2.24) is 10.2 Å². The van der Waals surface area contributed by atoms with Crippen molar-refractivity contribution in [2.24, 2.45) is 0 Å². The van der Waals surface area contributed by atoms with E-state index in [0.717, 1.165) is 50.7 Å². The van der Waals surface area contributed by atoms with Crippen LogP contribution < -0.4 is 5.32 Å². The normalized spacial score (nSPS) is 18.4. The van der Waals surface area contributed by atoms with E-state index in [1.165, 1.54) is 5.39 Å². The Morgan fingerprint density at radius 2 is 2.05 bits per heavy atom. The molecule has 1 aliphatic heterocycles. The summed E-state index contributed by atoms with van der Waals surface area (Å²) in [5.41, 5.74) is 0.963. The lowest BCUT2D eigenvalue weighted by Crippen LogP contribution is -2.44. The molecule has 3 rings (SSSR count). The van der Waals surface area contributed by atoms with E-state index in [0.29, 0.717) is 6.04 Å². The van der Waals surface area contributed by atoms with Crippen LogP contribution in [0.25, 0.3) is 11.0 Å². The van der Waals surface area contributed by atoms with Crippen LogP contribution in [-0.4, -0.2) is 43.8 Å². The van der Waals surface area contributed by atoms with Gasteiger partial charge in [0.1, 0.15) is 11.3 Å². The fraction of sp³-hybridized carbons (Fsp3) is 0.500. The van der Waals surface area contributed by atoms with Gasteiger partial charge in [-0.15, -0.1) is 0 Å². The second kappa shape index (κ2) is 6.39. The van der Waals surface area contributed by atoms with Gasteiger partial charge in [0.15, 0.2) is 0 Å². The molecule has 4 heteroatoms. The van der Waals surface area contributed by atoms with Gasteiger partial charge in [0.05, 0.1) is 19.8 Å². The van der Waals surface area contributed by atoms with Gasteiger partial charge in [0.25, 0.3) is 0 Å². The topological polar surface area (TPSA) is 37.6 Å². The molecule has 0 saturated carbocycles. The molecule has 0 bridgehead atoms. The van der Waals surface area contributed by atoms with Crippen LogP contribution in [0.15, 0.2) is 34.7 Å². The summed E-state index contributed by atoms with van der Waals surface area (Å²) >= 11 is 0. The Bertz CT molecular complexity index is 513. The Balaban J connectivity index is 1.50. The van der Waals surface area contributed by atoms with Crippen LogP contribution in [-0.2, 0) is 11.3 Å². The van der Waals surface area contributed by atoms with Gasteiger partial charge in [0, 0.05) is 31.1 Å². The van der Waals surface area contributed by atoms with Crippen LogP contribution in [0, 0.1) is 0 Å². The van der Waals surface area contributed by atoms with Crippen LogP contribution in [0.3, 0.4) is 0 Å². The van der Waals surface area contributed by atoms with Crippen LogP contribution in [0.4, 0.5) is 0 Å². The van der Waals surface area contributed by atoms with Gasteiger partial charge in [-0.1, -0.05) is 18.2 Å². The summed E-state index contributed by atoms with van der Waals surface area (Å²) in [5.74, 6) is 1.00. The summed E-state index contributed by atoms with van der Waals surface area (Å²) in [6.45, 7) is 7.85. The van der Waals surface area contributed by atoms with Crippen LogP contribution >= 0.6 is 0 Å². The van der Waals surface area contributed by atoms with Crippen molar-refractivity contribution < 1.29 is 9.15 Å². The van der Waals surface area contributed by atoms with Gasteiger partial charge >= 0.3 is 0 Å². The van der Waals surface area contributed by atoms with E-state index in [2.05, 4.69) is 29.3 Å². The molecule has 2 aromatic rings. The molecule has 1 aromatic heterocycles. The standard InChI is InChI=1S/C16H22N2O2/c1-13(12-18-6-8-19-9-7-18)17-11-15-10-14-4-2-3-5-16(14)20-15/h2-5,10,13,17H,6-9,11-12H2,1H3. The highest BCUT2D eigenvalue weighted by molar-refractivity contribution is 5.77. The maximum atomic E-state index is 5.81. The number of fused-ring (bicyclic) bond motifs is 1.